The average Bonchev–Trinajstić information content (AvgIpc) is 2.29. The predicted molar refractivity (Wildman–Crippen MR) is 61.3 cm³/mol. The van der Waals surface area contributed by atoms with Crippen molar-refractivity contribution in [1.82, 2.24) is 9.97 Å². The van der Waals surface area contributed by atoms with Crippen molar-refractivity contribution in [3.05, 3.63) is 22.4 Å². The van der Waals surface area contributed by atoms with Gasteiger partial charge < -0.3 is 14.5 Å². The highest BCUT2D eigenvalue weighted by molar-refractivity contribution is 5.91. The van der Waals surface area contributed by atoms with Gasteiger partial charge in [0.2, 0.25) is 5.75 Å². The van der Waals surface area contributed by atoms with Crippen molar-refractivity contribution in [2.45, 2.75) is 20.8 Å². The second-order valence-electron chi connectivity index (χ2n) is 4.54. The number of aromatic amines is 1. The standard InChI is InChI=1S/C11H14N2O5/c1-11(2,3)10(16)18-7-6(9(15)17-4)12-5-13-8(7)14/h5H,1-4H3,(H,12,13,14). The van der Waals surface area contributed by atoms with Gasteiger partial charge >= 0.3 is 11.9 Å². The molecule has 0 aliphatic rings. The summed E-state index contributed by atoms with van der Waals surface area (Å²) >= 11 is 0. The third-order valence-electron chi connectivity index (χ3n) is 2.00. The van der Waals surface area contributed by atoms with E-state index in [2.05, 4.69) is 14.7 Å². The van der Waals surface area contributed by atoms with Crippen molar-refractivity contribution in [3.63, 3.8) is 0 Å². The summed E-state index contributed by atoms with van der Waals surface area (Å²) in [5, 5.41) is 0. The van der Waals surface area contributed by atoms with E-state index >= 15 is 0 Å². The molecule has 7 heteroatoms. The fraction of sp³-hybridized carbons (Fsp3) is 0.455. The van der Waals surface area contributed by atoms with Gasteiger partial charge in [-0.2, -0.15) is 0 Å². The minimum absolute atomic E-state index is 0.334. The number of nitrogens with one attached hydrogen (secondary N) is 1. The second kappa shape index (κ2) is 4.99. The monoisotopic (exact) mass is 254 g/mol. The van der Waals surface area contributed by atoms with Crippen LogP contribution < -0.4 is 10.3 Å². The molecule has 0 atom stereocenters. The van der Waals surface area contributed by atoms with Crippen LogP contribution in [-0.2, 0) is 9.53 Å². The number of carbonyl (C=O) groups excluding carboxylic acids is 2. The molecule has 0 bridgehead atoms. The molecule has 7 nitrogen and oxygen atoms in total. The lowest BCUT2D eigenvalue weighted by Gasteiger charge is -2.16. The van der Waals surface area contributed by atoms with Crippen LogP contribution in [0.3, 0.4) is 0 Å². The van der Waals surface area contributed by atoms with Crippen LogP contribution in [0.25, 0.3) is 0 Å². The predicted octanol–water partition coefficient (Wildman–Crippen LogP) is 0.508. The molecule has 0 fully saturated rings. The molecule has 98 valence electrons. The lowest BCUT2D eigenvalue weighted by molar-refractivity contribution is -0.143. The minimum Gasteiger partial charge on any atom is -0.464 e. The highest BCUT2D eigenvalue weighted by Gasteiger charge is 2.28. The zero-order chi connectivity index (χ0) is 13.9. The fourth-order valence-electron chi connectivity index (χ4n) is 0.970. The molecule has 18 heavy (non-hydrogen) atoms. The number of aromatic nitrogens is 2. The SMILES string of the molecule is COC(=O)c1nc[nH]c(=O)c1OC(=O)C(C)(C)C. The Morgan fingerprint density at radius 3 is 2.44 bits per heavy atom. The van der Waals surface area contributed by atoms with Gasteiger partial charge in [-0.25, -0.2) is 9.78 Å². The van der Waals surface area contributed by atoms with Crippen LogP contribution in [0.2, 0.25) is 0 Å². The molecule has 1 rings (SSSR count). The van der Waals surface area contributed by atoms with E-state index in [0.717, 1.165) is 13.4 Å². The van der Waals surface area contributed by atoms with E-state index in [4.69, 9.17) is 4.74 Å². The lowest BCUT2D eigenvalue weighted by atomic mass is 9.97. The molecule has 0 unspecified atom stereocenters. The first-order valence-electron chi connectivity index (χ1n) is 5.15. The smallest absolute Gasteiger partial charge is 0.360 e. The normalized spacial score (nSPS) is 10.9. The van der Waals surface area contributed by atoms with Gasteiger partial charge in [-0.3, -0.25) is 9.59 Å². The van der Waals surface area contributed by atoms with Gasteiger partial charge in [-0.05, 0) is 20.8 Å². The van der Waals surface area contributed by atoms with E-state index < -0.39 is 28.7 Å². The summed E-state index contributed by atoms with van der Waals surface area (Å²) in [6.07, 6.45) is 1.03. The summed E-state index contributed by atoms with van der Waals surface area (Å²) < 4.78 is 9.37. The maximum absolute atomic E-state index is 11.7. The van der Waals surface area contributed by atoms with Crippen LogP contribution in [0, 0.1) is 5.41 Å². The molecular formula is C11H14N2O5. The van der Waals surface area contributed by atoms with Crippen molar-refractivity contribution in [2.75, 3.05) is 7.11 Å². The Morgan fingerprint density at radius 2 is 1.94 bits per heavy atom. The Bertz CT molecular complexity index is 527. The molecule has 0 saturated heterocycles. The Balaban J connectivity index is 3.20. The van der Waals surface area contributed by atoms with E-state index in [1.165, 1.54) is 0 Å². The third kappa shape index (κ3) is 2.93. The lowest BCUT2D eigenvalue weighted by Crippen LogP contribution is -2.29. The van der Waals surface area contributed by atoms with Crippen LogP contribution in [0.15, 0.2) is 11.1 Å². The van der Waals surface area contributed by atoms with Crippen molar-refractivity contribution < 1.29 is 19.1 Å². The summed E-state index contributed by atoms with van der Waals surface area (Å²) in [4.78, 5) is 40.5. The Kier molecular flexibility index (Phi) is 3.85. The number of nitrogens with zero attached hydrogens (tertiary/aromatic N) is 1. The van der Waals surface area contributed by atoms with Crippen molar-refractivity contribution in [1.29, 1.82) is 0 Å². The Labute approximate surface area is 103 Å². The van der Waals surface area contributed by atoms with Gasteiger partial charge in [0.05, 0.1) is 18.9 Å². The van der Waals surface area contributed by atoms with Crippen molar-refractivity contribution in [2.24, 2.45) is 5.41 Å². The summed E-state index contributed by atoms with van der Waals surface area (Å²) in [5.74, 6) is -1.95. The van der Waals surface area contributed by atoms with Gasteiger partial charge in [0.1, 0.15) is 0 Å². The topological polar surface area (TPSA) is 98.3 Å². The van der Waals surface area contributed by atoms with E-state index in [1.54, 1.807) is 20.8 Å². The average molecular weight is 254 g/mol. The molecule has 0 amide bonds. The maximum atomic E-state index is 11.7. The molecule has 0 aromatic carbocycles. The molecule has 1 aromatic heterocycles. The molecule has 1 heterocycles. The van der Waals surface area contributed by atoms with Crippen molar-refractivity contribution >= 4 is 11.9 Å². The Morgan fingerprint density at radius 1 is 1.33 bits per heavy atom. The van der Waals surface area contributed by atoms with Gasteiger partial charge in [-0.1, -0.05) is 0 Å². The highest BCUT2D eigenvalue weighted by atomic mass is 16.5. The molecule has 0 spiro atoms. The molecule has 0 radical (unpaired) electrons. The van der Waals surface area contributed by atoms with Crippen LogP contribution in [0.5, 0.6) is 5.75 Å². The number of rotatable bonds is 2. The molecule has 0 aliphatic heterocycles. The number of hydrogen-bond donors (Lipinski definition) is 1. The molecule has 0 aliphatic carbocycles. The second-order valence-corrected chi connectivity index (χ2v) is 4.54. The third-order valence-corrected chi connectivity index (χ3v) is 2.00. The summed E-state index contributed by atoms with van der Waals surface area (Å²) in [6.45, 7) is 4.87. The number of carbonyl (C=O) groups is 2. The van der Waals surface area contributed by atoms with Crippen LogP contribution in [0.4, 0.5) is 0 Å². The Hall–Kier alpha value is -2.18. The van der Waals surface area contributed by atoms with Crippen molar-refractivity contribution in [3.8, 4) is 5.75 Å². The van der Waals surface area contributed by atoms with E-state index in [-0.39, 0.29) is 5.69 Å². The molecule has 1 aromatic rings. The quantitative estimate of drug-likeness (QED) is 0.772. The first-order chi connectivity index (χ1) is 8.27. The summed E-state index contributed by atoms with van der Waals surface area (Å²) in [7, 11) is 1.14. The summed E-state index contributed by atoms with van der Waals surface area (Å²) in [5.41, 5.74) is -1.86. The first kappa shape index (κ1) is 13.9. The number of esters is 2. The maximum Gasteiger partial charge on any atom is 0.360 e. The minimum atomic E-state index is -0.849. The highest BCUT2D eigenvalue weighted by Crippen LogP contribution is 2.18. The zero-order valence-corrected chi connectivity index (χ0v) is 10.6. The number of methoxy groups -OCH3 is 1. The van der Waals surface area contributed by atoms with E-state index in [1.807, 2.05) is 0 Å². The number of hydrogen-bond acceptors (Lipinski definition) is 6. The molecular weight excluding hydrogens is 240 g/mol. The van der Waals surface area contributed by atoms with E-state index in [9.17, 15) is 14.4 Å². The van der Waals surface area contributed by atoms with E-state index in [0.29, 0.717) is 0 Å². The summed E-state index contributed by atoms with van der Waals surface area (Å²) in [6, 6.07) is 0. The van der Waals surface area contributed by atoms with Gasteiger partial charge in [-0.15, -0.1) is 0 Å². The van der Waals surface area contributed by atoms with Crippen LogP contribution in [0.1, 0.15) is 31.3 Å². The van der Waals surface area contributed by atoms with Gasteiger partial charge in [0, 0.05) is 0 Å². The number of ether oxygens (including phenoxy) is 2. The largest absolute Gasteiger partial charge is 0.464 e. The zero-order valence-electron chi connectivity index (χ0n) is 10.6. The first-order valence-corrected chi connectivity index (χ1v) is 5.15. The van der Waals surface area contributed by atoms with Gasteiger partial charge in [0.25, 0.3) is 5.56 Å². The van der Waals surface area contributed by atoms with Gasteiger partial charge in [0.15, 0.2) is 5.69 Å². The fourth-order valence-corrected chi connectivity index (χ4v) is 0.970. The number of H-pyrrole nitrogens is 1. The molecule has 1 N–H and O–H groups in total. The van der Waals surface area contributed by atoms with Crippen LogP contribution in [-0.4, -0.2) is 29.0 Å². The van der Waals surface area contributed by atoms with Crippen LogP contribution >= 0.6 is 0 Å². The molecule has 0 saturated carbocycles.